The summed E-state index contributed by atoms with van der Waals surface area (Å²) in [6, 6.07) is 15.2. The predicted octanol–water partition coefficient (Wildman–Crippen LogP) is 2.68. The average molecular weight is 255 g/mol. The zero-order valence-corrected chi connectivity index (χ0v) is 11.1. The van der Waals surface area contributed by atoms with Crippen molar-refractivity contribution in [2.24, 2.45) is 0 Å². The van der Waals surface area contributed by atoms with Crippen molar-refractivity contribution in [3.8, 4) is 5.75 Å². The van der Waals surface area contributed by atoms with Crippen LogP contribution in [0.5, 0.6) is 5.75 Å². The van der Waals surface area contributed by atoms with Crippen molar-refractivity contribution in [3.05, 3.63) is 65.2 Å². The highest BCUT2D eigenvalue weighted by molar-refractivity contribution is 5.96. The molecular formula is C16H17NO2. The summed E-state index contributed by atoms with van der Waals surface area (Å²) in [4.78, 5) is 13.4. The normalized spacial score (nSPS) is 10.2. The fourth-order valence-electron chi connectivity index (χ4n) is 1.94. The molecule has 1 amide bonds. The smallest absolute Gasteiger partial charge is 0.257 e. The second-order valence-corrected chi connectivity index (χ2v) is 4.71. The summed E-state index contributed by atoms with van der Waals surface area (Å²) in [5.41, 5.74) is 2.53. The number of rotatable bonds is 3. The van der Waals surface area contributed by atoms with Gasteiger partial charge in [0.25, 0.3) is 5.91 Å². The van der Waals surface area contributed by atoms with E-state index in [1.807, 2.05) is 36.4 Å². The first-order valence-corrected chi connectivity index (χ1v) is 6.15. The monoisotopic (exact) mass is 255 g/mol. The number of hydrogen-bond donors (Lipinski definition) is 1. The Balaban J connectivity index is 2.29. The van der Waals surface area contributed by atoms with E-state index in [1.165, 1.54) is 10.5 Å². The fraction of sp³-hybridized carbons (Fsp3) is 0.188. The standard InChI is InChI=1S/C16H17NO2/c1-17(2)16(19)14-11-13(8-9-15(14)18)10-12-6-4-3-5-7-12/h3-9,11,18H,10H2,1-2H3. The second kappa shape index (κ2) is 5.57. The minimum absolute atomic E-state index is 0.0236. The minimum Gasteiger partial charge on any atom is -0.507 e. The van der Waals surface area contributed by atoms with Crippen LogP contribution in [0.15, 0.2) is 48.5 Å². The van der Waals surface area contributed by atoms with Crippen LogP contribution < -0.4 is 0 Å². The molecule has 98 valence electrons. The van der Waals surface area contributed by atoms with Crippen molar-refractivity contribution in [2.75, 3.05) is 14.1 Å². The third-order valence-corrected chi connectivity index (χ3v) is 2.95. The van der Waals surface area contributed by atoms with Crippen LogP contribution in [0, 0.1) is 0 Å². The van der Waals surface area contributed by atoms with Gasteiger partial charge < -0.3 is 10.0 Å². The van der Waals surface area contributed by atoms with Gasteiger partial charge in [0.15, 0.2) is 0 Å². The lowest BCUT2D eigenvalue weighted by atomic mass is 10.0. The van der Waals surface area contributed by atoms with Crippen LogP contribution >= 0.6 is 0 Å². The molecule has 0 saturated carbocycles. The molecule has 0 heterocycles. The molecule has 0 atom stereocenters. The van der Waals surface area contributed by atoms with E-state index >= 15 is 0 Å². The molecule has 0 aromatic heterocycles. The number of hydrogen-bond acceptors (Lipinski definition) is 2. The molecule has 0 aliphatic heterocycles. The van der Waals surface area contributed by atoms with E-state index in [0.717, 1.165) is 12.0 Å². The quantitative estimate of drug-likeness (QED) is 0.916. The van der Waals surface area contributed by atoms with Gasteiger partial charge in [-0.15, -0.1) is 0 Å². The molecule has 3 heteroatoms. The van der Waals surface area contributed by atoms with Crippen LogP contribution in [-0.2, 0) is 6.42 Å². The van der Waals surface area contributed by atoms with Gasteiger partial charge in [0.05, 0.1) is 5.56 Å². The molecule has 2 rings (SSSR count). The van der Waals surface area contributed by atoms with Crippen LogP contribution in [0.4, 0.5) is 0 Å². The first-order chi connectivity index (χ1) is 9.08. The highest BCUT2D eigenvalue weighted by Crippen LogP contribution is 2.21. The lowest BCUT2D eigenvalue weighted by molar-refractivity contribution is 0.0824. The SMILES string of the molecule is CN(C)C(=O)c1cc(Cc2ccccc2)ccc1O. The van der Waals surface area contributed by atoms with Gasteiger partial charge in [0, 0.05) is 14.1 Å². The lowest BCUT2D eigenvalue weighted by Gasteiger charge is -2.12. The summed E-state index contributed by atoms with van der Waals surface area (Å²) in [6.07, 6.45) is 0.745. The Morgan fingerprint density at radius 3 is 2.37 bits per heavy atom. The Hall–Kier alpha value is -2.29. The average Bonchev–Trinajstić information content (AvgIpc) is 2.41. The Morgan fingerprint density at radius 1 is 1.05 bits per heavy atom. The van der Waals surface area contributed by atoms with Crippen LogP contribution in [0.2, 0.25) is 0 Å². The molecule has 0 bridgehead atoms. The first-order valence-electron chi connectivity index (χ1n) is 6.15. The van der Waals surface area contributed by atoms with Gasteiger partial charge in [0.2, 0.25) is 0 Å². The van der Waals surface area contributed by atoms with Gasteiger partial charge in [-0.25, -0.2) is 0 Å². The summed E-state index contributed by atoms with van der Waals surface area (Å²) in [5, 5.41) is 9.77. The molecule has 19 heavy (non-hydrogen) atoms. The second-order valence-electron chi connectivity index (χ2n) is 4.71. The molecular weight excluding hydrogens is 238 g/mol. The van der Waals surface area contributed by atoms with Crippen LogP contribution in [-0.4, -0.2) is 30.0 Å². The predicted molar refractivity (Wildman–Crippen MR) is 75.4 cm³/mol. The number of amides is 1. The van der Waals surface area contributed by atoms with Crippen molar-refractivity contribution < 1.29 is 9.90 Å². The summed E-state index contributed by atoms with van der Waals surface area (Å²) in [7, 11) is 3.34. The third-order valence-electron chi connectivity index (χ3n) is 2.95. The summed E-state index contributed by atoms with van der Waals surface area (Å²) >= 11 is 0. The van der Waals surface area contributed by atoms with Crippen LogP contribution in [0.3, 0.4) is 0 Å². The van der Waals surface area contributed by atoms with Gasteiger partial charge in [0.1, 0.15) is 5.75 Å². The topological polar surface area (TPSA) is 40.5 Å². The van der Waals surface area contributed by atoms with Gasteiger partial charge in [-0.3, -0.25) is 4.79 Å². The summed E-state index contributed by atoms with van der Waals surface area (Å²) < 4.78 is 0. The van der Waals surface area contributed by atoms with Gasteiger partial charge in [-0.2, -0.15) is 0 Å². The highest BCUT2D eigenvalue weighted by Gasteiger charge is 2.13. The zero-order chi connectivity index (χ0) is 13.8. The summed E-state index contributed by atoms with van der Waals surface area (Å²) in [6.45, 7) is 0. The maximum Gasteiger partial charge on any atom is 0.257 e. The van der Waals surface area contributed by atoms with E-state index in [0.29, 0.717) is 5.56 Å². The maximum atomic E-state index is 11.9. The molecule has 0 aliphatic carbocycles. The molecule has 0 spiro atoms. The Kier molecular flexibility index (Phi) is 3.85. The molecule has 1 N–H and O–H groups in total. The first kappa shape index (κ1) is 13.1. The van der Waals surface area contributed by atoms with Gasteiger partial charge >= 0.3 is 0 Å². The number of benzene rings is 2. The van der Waals surface area contributed by atoms with E-state index in [1.54, 1.807) is 26.2 Å². The molecule has 0 aliphatic rings. The molecule has 0 fully saturated rings. The van der Waals surface area contributed by atoms with E-state index in [2.05, 4.69) is 0 Å². The summed E-state index contributed by atoms with van der Waals surface area (Å²) in [5.74, 6) is -0.164. The van der Waals surface area contributed by atoms with E-state index in [9.17, 15) is 9.90 Å². The van der Waals surface area contributed by atoms with E-state index < -0.39 is 0 Å². The molecule has 0 radical (unpaired) electrons. The molecule has 3 nitrogen and oxygen atoms in total. The number of phenols is 1. The van der Waals surface area contributed by atoms with Crippen molar-refractivity contribution in [1.82, 2.24) is 4.90 Å². The van der Waals surface area contributed by atoms with Crippen molar-refractivity contribution in [1.29, 1.82) is 0 Å². The van der Waals surface area contributed by atoms with Crippen LogP contribution in [0.25, 0.3) is 0 Å². The lowest BCUT2D eigenvalue weighted by Crippen LogP contribution is -2.21. The number of phenolic OH excluding ortho intramolecular Hbond substituents is 1. The largest absolute Gasteiger partial charge is 0.507 e. The Morgan fingerprint density at radius 2 is 1.74 bits per heavy atom. The number of carbonyl (C=O) groups is 1. The zero-order valence-electron chi connectivity index (χ0n) is 11.1. The third kappa shape index (κ3) is 3.13. The molecule has 2 aromatic rings. The van der Waals surface area contributed by atoms with Gasteiger partial charge in [-0.05, 0) is 29.7 Å². The maximum absolute atomic E-state index is 11.9. The number of aromatic hydroxyl groups is 1. The van der Waals surface area contributed by atoms with Crippen molar-refractivity contribution >= 4 is 5.91 Å². The molecule has 2 aromatic carbocycles. The highest BCUT2D eigenvalue weighted by atomic mass is 16.3. The number of nitrogens with zero attached hydrogens (tertiary/aromatic N) is 1. The van der Waals surface area contributed by atoms with Crippen molar-refractivity contribution in [3.63, 3.8) is 0 Å². The van der Waals surface area contributed by atoms with Crippen LogP contribution in [0.1, 0.15) is 21.5 Å². The van der Waals surface area contributed by atoms with Crippen molar-refractivity contribution in [2.45, 2.75) is 6.42 Å². The minimum atomic E-state index is -0.188. The fourth-order valence-corrected chi connectivity index (χ4v) is 1.94. The number of carbonyl (C=O) groups excluding carboxylic acids is 1. The Labute approximate surface area is 113 Å². The molecule has 0 unspecified atom stereocenters. The van der Waals surface area contributed by atoms with E-state index in [-0.39, 0.29) is 11.7 Å². The van der Waals surface area contributed by atoms with E-state index in [4.69, 9.17) is 0 Å². The van der Waals surface area contributed by atoms with Gasteiger partial charge in [-0.1, -0.05) is 36.4 Å². The Bertz CT molecular complexity index is 577. The molecule has 0 saturated heterocycles.